The van der Waals surface area contributed by atoms with Gasteiger partial charge < -0.3 is 0 Å². The molecule has 0 amide bonds. The Morgan fingerprint density at radius 3 is 2.44 bits per heavy atom. The highest BCUT2D eigenvalue weighted by atomic mass is 79.9. The van der Waals surface area contributed by atoms with Gasteiger partial charge in [-0.05, 0) is 41.5 Å². The fourth-order valence-corrected chi connectivity index (χ4v) is 3.17. The highest BCUT2D eigenvalue weighted by molar-refractivity contribution is 9.10. The minimum atomic E-state index is -0.113. The molecule has 0 bridgehead atoms. The van der Waals surface area contributed by atoms with Gasteiger partial charge in [0.15, 0.2) is 0 Å². The lowest BCUT2D eigenvalue weighted by molar-refractivity contribution is 0.265. The van der Waals surface area contributed by atoms with Crippen LogP contribution in [0.1, 0.15) is 26.3 Å². The first-order chi connectivity index (χ1) is 7.34. The molecule has 0 nitrogen and oxygen atoms in total. The van der Waals surface area contributed by atoms with Gasteiger partial charge in [-0.15, -0.1) is 0 Å². The monoisotopic (exact) mass is 350 g/mol. The summed E-state index contributed by atoms with van der Waals surface area (Å²) < 4.78 is 14.6. The van der Waals surface area contributed by atoms with E-state index in [0.717, 1.165) is 21.8 Å². The lowest BCUT2D eigenvalue weighted by Gasteiger charge is -2.29. The lowest BCUT2D eigenvalue weighted by Crippen LogP contribution is -2.24. The van der Waals surface area contributed by atoms with E-state index in [1.165, 1.54) is 6.07 Å². The van der Waals surface area contributed by atoms with Crippen LogP contribution >= 0.6 is 31.9 Å². The number of rotatable bonds is 3. The van der Waals surface area contributed by atoms with Gasteiger partial charge in [0.25, 0.3) is 0 Å². The Hall–Kier alpha value is 0.110. The number of benzene rings is 1. The molecule has 0 heterocycles. The second-order valence-electron chi connectivity index (χ2n) is 5.16. The van der Waals surface area contributed by atoms with Crippen LogP contribution in [0.25, 0.3) is 0 Å². The van der Waals surface area contributed by atoms with Crippen LogP contribution in [-0.4, -0.2) is 5.33 Å². The van der Waals surface area contributed by atoms with Crippen LogP contribution in [0, 0.1) is 17.2 Å². The Bertz CT molecular complexity index is 355. The second-order valence-corrected chi connectivity index (χ2v) is 6.72. The van der Waals surface area contributed by atoms with Gasteiger partial charge in [-0.3, -0.25) is 0 Å². The van der Waals surface area contributed by atoms with E-state index in [1.807, 2.05) is 6.07 Å². The van der Waals surface area contributed by atoms with Gasteiger partial charge >= 0.3 is 0 Å². The Morgan fingerprint density at radius 1 is 1.31 bits per heavy atom. The molecule has 0 saturated heterocycles. The van der Waals surface area contributed by atoms with Gasteiger partial charge in [0.05, 0.1) is 0 Å². The van der Waals surface area contributed by atoms with Crippen molar-refractivity contribution in [1.82, 2.24) is 0 Å². The summed E-state index contributed by atoms with van der Waals surface area (Å²) in [7, 11) is 0. The van der Waals surface area contributed by atoms with Crippen molar-refractivity contribution in [3.05, 3.63) is 34.1 Å². The van der Waals surface area contributed by atoms with E-state index in [1.54, 1.807) is 6.07 Å². The average molecular weight is 352 g/mol. The zero-order chi connectivity index (χ0) is 12.3. The van der Waals surface area contributed by atoms with Gasteiger partial charge in [0.2, 0.25) is 0 Å². The summed E-state index contributed by atoms with van der Waals surface area (Å²) in [6.07, 6.45) is 0.764. The molecule has 16 heavy (non-hydrogen) atoms. The SMILES string of the molecule is CC(C)(C)C(CBr)Cc1cc(Br)ccc1F. The van der Waals surface area contributed by atoms with E-state index >= 15 is 0 Å². The first-order valence-electron chi connectivity index (χ1n) is 5.34. The van der Waals surface area contributed by atoms with Crippen molar-refractivity contribution in [2.75, 3.05) is 5.33 Å². The molecule has 0 spiro atoms. The summed E-state index contributed by atoms with van der Waals surface area (Å²) in [5.74, 6) is 0.315. The van der Waals surface area contributed by atoms with Gasteiger partial charge in [0.1, 0.15) is 5.82 Å². The molecule has 0 aliphatic heterocycles. The van der Waals surface area contributed by atoms with Crippen LogP contribution in [0.5, 0.6) is 0 Å². The molecule has 90 valence electrons. The molecule has 1 unspecified atom stereocenters. The van der Waals surface area contributed by atoms with E-state index in [9.17, 15) is 4.39 Å². The van der Waals surface area contributed by atoms with Crippen molar-refractivity contribution >= 4 is 31.9 Å². The van der Waals surface area contributed by atoms with Gasteiger partial charge in [-0.25, -0.2) is 4.39 Å². The quantitative estimate of drug-likeness (QED) is 0.657. The van der Waals surface area contributed by atoms with E-state index in [4.69, 9.17) is 0 Å². The van der Waals surface area contributed by atoms with E-state index in [2.05, 4.69) is 52.6 Å². The predicted molar refractivity (Wildman–Crippen MR) is 74.5 cm³/mol. The third-order valence-corrected chi connectivity index (χ3v) is 4.16. The molecule has 0 saturated carbocycles. The maximum atomic E-state index is 13.6. The standard InChI is InChI=1S/C13H17Br2F/c1-13(2,3)10(8-14)6-9-7-11(15)4-5-12(9)16/h4-5,7,10H,6,8H2,1-3H3. The zero-order valence-corrected chi connectivity index (χ0v) is 13.0. The normalized spacial score (nSPS) is 13.9. The average Bonchev–Trinajstić information content (AvgIpc) is 2.17. The zero-order valence-electron chi connectivity index (χ0n) is 9.86. The molecule has 0 radical (unpaired) electrons. The van der Waals surface area contributed by atoms with Crippen LogP contribution < -0.4 is 0 Å². The third-order valence-electron chi connectivity index (χ3n) is 2.89. The Kier molecular flexibility index (Phi) is 4.99. The van der Waals surface area contributed by atoms with Crippen molar-refractivity contribution < 1.29 is 4.39 Å². The maximum absolute atomic E-state index is 13.6. The molecule has 0 aliphatic carbocycles. The molecule has 3 heteroatoms. The van der Waals surface area contributed by atoms with Crippen molar-refractivity contribution in [3.8, 4) is 0 Å². The van der Waals surface area contributed by atoms with Gasteiger partial charge in [-0.1, -0.05) is 52.6 Å². The molecule has 0 fully saturated rings. The van der Waals surface area contributed by atoms with Gasteiger partial charge in [-0.2, -0.15) is 0 Å². The number of alkyl halides is 1. The Balaban J connectivity index is 2.90. The van der Waals surface area contributed by atoms with Crippen molar-refractivity contribution in [2.45, 2.75) is 27.2 Å². The van der Waals surface area contributed by atoms with E-state index in [-0.39, 0.29) is 11.2 Å². The third kappa shape index (κ3) is 3.85. The minimum absolute atomic E-state index is 0.113. The predicted octanol–water partition coefficient (Wildman–Crippen LogP) is 5.19. The van der Waals surface area contributed by atoms with Crippen LogP contribution in [0.3, 0.4) is 0 Å². The molecular weight excluding hydrogens is 335 g/mol. The van der Waals surface area contributed by atoms with Crippen molar-refractivity contribution in [3.63, 3.8) is 0 Å². The molecule has 1 atom stereocenters. The summed E-state index contributed by atoms with van der Waals surface area (Å²) in [6.45, 7) is 6.57. The number of hydrogen-bond acceptors (Lipinski definition) is 0. The summed E-state index contributed by atoms with van der Waals surface area (Å²) in [5, 5.41) is 0.891. The fourth-order valence-electron chi connectivity index (χ4n) is 1.56. The minimum Gasteiger partial charge on any atom is -0.207 e. The van der Waals surface area contributed by atoms with Crippen LogP contribution in [0.2, 0.25) is 0 Å². The largest absolute Gasteiger partial charge is 0.207 e. The highest BCUT2D eigenvalue weighted by Crippen LogP contribution is 2.31. The van der Waals surface area contributed by atoms with Crippen LogP contribution in [0.15, 0.2) is 22.7 Å². The Labute approximate surface area is 114 Å². The van der Waals surface area contributed by atoms with Crippen LogP contribution in [0.4, 0.5) is 4.39 Å². The van der Waals surface area contributed by atoms with Gasteiger partial charge in [0, 0.05) is 9.80 Å². The summed E-state index contributed by atoms with van der Waals surface area (Å²) >= 11 is 6.90. The van der Waals surface area contributed by atoms with Crippen molar-refractivity contribution in [2.24, 2.45) is 11.3 Å². The first-order valence-corrected chi connectivity index (χ1v) is 7.26. The van der Waals surface area contributed by atoms with Crippen molar-refractivity contribution in [1.29, 1.82) is 0 Å². The smallest absolute Gasteiger partial charge is 0.126 e. The molecule has 0 N–H and O–H groups in total. The highest BCUT2D eigenvalue weighted by Gasteiger charge is 2.24. The topological polar surface area (TPSA) is 0 Å². The number of hydrogen-bond donors (Lipinski definition) is 0. The van der Waals surface area contributed by atoms with E-state index in [0.29, 0.717) is 5.92 Å². The lowest BCUT2D eigenvalue weighted by atomic mass is 9.78. The summed E-state index contributed by atoms with van der Waals surface area (Å²) in [6, 6.07) is 5.13. The molecular formula is C13H17Br2F. The Morgan fingerprint density at radius 2 is 1.94 bits per heavy atom. The number of halogens is 3. The first kappa shape index (κ1) is 14.2. The molecule has 0 aliphatic rings. The molecule has 1 rings (SSSR count). The fraction of sp³-hybridized carbons (Fsp3) is 0.538. The van der Waals surface area contributed by atoms with E-state index < -0.39 is 0 Å². The molecule has 1 aromatic rings. The molecule has 1 aromatic carbocycles. The van der Waals surface area contributed by atoms with Crippen LogP contribution in [-0.2, 0) is 6.42 Å². The maximum Gasteiger partial charge on any atom is 0.126 e. The summed E-state index contributed by atoms with van der Waals surface area (Å²) in [4.78, 5) is 0. The second kappa shape index (κ2) is 5.63. The molecule has 0 aromatic heterocycles. The summed E-state index contributed by atoms with van der Waals surface area (Å²) in [5.41, 5.74) is 0.965.